The number of nitro groups is 1. The lowest BCUT2D eigenvalue weighted by Gasteiger charge is -2.21. The van der Waals surface area contributed by atoms with E-state index in [0.29, 0.717) is 17.8 Å². The number of hydrogen-bond acceptors (Lipinski definition) is 7. The van der Waals surface area contributed by atoms with Crippen molar-refractivity contribution in [2.75, 3.05) is 6.61 Å². The van der Waals surface area contributed by atoms with E-state index in [1.807, 2.05) is 72.8 Å². The summed E-state index contributed by atoms with van der Waals surface area (Å²) < 4.78 is 5.17. The normalized spacial score (nSPS) is 15.1. The van der Waals surface area contributed by atoms with Gasteiger partial charge in [0.25, 0.3) is 5.91 Å². The van der Waals surface area contributed by atoms with Gasteiger partial charge in [-0.05, 0) is 34.0 Å². The molecule has 174 valence electrons. The molecule has 0 spiro atoms. The molecule has 1 unspecified atom stereocenters. The molecule has 0 N–H and O–H groups in total. The maximum absolute atomic E-state index is 13.1. The molecule has 1 aromatic heterocycles. The zero-order valence-electron chi connectivity index (χ0n) is 18.4. The SMILES string of the molecule is O=C(OCC(=O)N1N=C(c2ccc3ccccc3c2)CC1c1ccccc1)c1ccc([N+](=O)[O-])s1. The number of benzene rings is 3. The van der Waals surface area contributed by atoms with Gasteiger partial charge in [-0.2, -0.15) is 5.10 Å². The number of fused-ring (bicyclic) bond motifs is 1. The van der Waals surface area contributed by atoms with Gasteiger partial charge in [0.15, 0.2) is 6.61 Å². The van der Waals surface area contributed by atoms with Crippen LogP contribution in [0.5, 0.6) is 0 Å². The van der Waals surface area contributed by atoms with E-state index in [2.05, 4.69) is 5.10 Å². The van der Waals surface area contributed by atoms with E-state index in [0.717, 1.165) is 27.6 Å². The third-order valence-electron chi connectivity index (χ3n) is 5.73. The first-order valence-electron chi connectivity index (χ1n) is 10.8. The van der Waals surface area contributed by atoms with E-state index >= 15 is 0 Å². The predicted molar refractivity (Wildman–Crippen MR) is 132 cm³/mol. The first kappa shape index (κ1) is 22.4. The number of esters is 1. The molecule has 0 fully saturated rings. The van der Waals surface area contributed by atoms with Crippen molar-refractivity contribution in [1.29, 1.82) is 0 Å². The molecule has 3 aromatic carbocycles. The lowest BCUT2D eigenvalue weighted by molar-refractivity contribution is -0.380. The molecule has 0 radical (unpaired) electrons. The van der Waals surface area contributed by atoms with Gasteiger partial charge in [-0.1, -0.05) is 78.1 Å². The molecule has 1 aliphatic heterocycles. The minimum Gasteiger partial charge on any atom is -0.451 e. The molecule has 1 amide bonds. The summed E-state index contributed by atoms with van der Waals surface area (Å²) in [6.07, 6.45) is 0.513. The Bertz CT molecular complexity index is 1460. The molecule has 9 heteroatoms. The highest BCUT2D eigenvalue weighted by Crippen LogP contribution is 2.33. The molecule has 0 aliphatic carbocycles. The van der Waals surface area contributed by atoms with Crippen LogP contribution in [-0.4, -0.2) is 34.1 Å². The Morgan fingerprint density at radius 1 is 1.00 bits per heavy atom. The summed E-state index contributed by atoms with van der Waals surface area (Å²) in [7, 11) is 0. The zero-order valence-corrected chi connectivity index (χ0v) is 19.2. The van der Waals surface area contributed by atoms with Gasteiger partial charge >= 0.3 is 11.0 Å². The van der Waals surface area contributed by atoms with Crippen LogP contribution in [-0.2, 0) is 9.53 Å². The first-order valence-corrected chi connectivity index (χ1v) is 11.7. The van der Waals surface area contributed by atoms with E-state index in [-0.39, 0.29) is 15.9 Å². The molecular weight excluding hydrogens is 466 g/mol. The van der Waals surface area contributed by atoms with Crippen molar-refractivity contribution in [3.63, 3.8) is 0 Å². The highest BCUT2D eigenvalue weighted by atomic mass is 32.1. The monoisotopic (exact) mass is 485 g/mol. The highest BCUT2D eigenvalue weighted by Gasteiger charge is 2.33. The molecule has 35 heavy (non-hydrogen) atoms. The molecule has 1 aliphatic rings. The number of amides is 1. The molecule has 5 rings (SSSR count). The van der Waals surface area contributed by atoms with Gasteiger partial charge in [0.2, 0.25) is 0 Å². The molecule has 8 nitrogen and oxygen atoms in total. The maximum atomic E-state index is 13.1. The second-order valence-corrected chi connectivity index (χ2v) is 9.01. The van der Waals surface area contributed by atoms with Crippen LogP contribution in [0.3, 0.4) is 0 Å². The fourth-order valence-electron chi connectivity index (χ4n) is 4.02. The Labute approximate surface area is 204 Å². The molecule has 2 heterocycles. The largest absolute Gasteiger partial charge is 0.451 e. The Kier molecular flexibility index (Phi) is 6.07. The summed E-state index contributed by atoms with van der Waals surface area (Å²) in [6, 6.07) is 25.8. The van der Waals surface area contributed by atoms with Gasteiger partial charge in [0.05, 0.1) is 16.7 Å². The smallest absolute Gasteiger partial charge is 0.349 e. The lowest BCUT2D eigenvalue weighted by Crippen LogP contribution is -2.31. The predicted octanol–water partition coefficient (Wildman–Crippen LogP) is 5.34. The Morgan fingerprint density at radius 2 is 1.74 bits per heavy atom. The van der Waals surface area contributed by atoms with Crippen molar-refractivity contribution in [3.05, 3.63) is 111 Å². The first-order chi connectivity index (χ1) is 17.0. The van der Waals surface area contributed by atoms with Crippen LogP contribution < -0.4 is 0 Å². The van der Waals surface area contributed by atoms with Crippen LogP contribution in [0.4, 0.5) is 5.00 Å². The van der Waals surface area contributed by atoms with Crippen LogP contribution in [0.25, 0.3) is 10.8 Å². The minimum absolute atomic E-state index is 0.0610. The van der Waals surface area contributed by atoms with Crippen molar-refractivity contribution in [2.45, 2.75) is 12.5 Å². The second kappa shape index (κ2) is 9.47. The fourth-order valence-corrected chi connectivity index (χ4v) is 4.73. The summed E-state index contributed by atoms with van der Waals surface area (Å²) in [5.74, 6) is -1.26. The third-order valence-corrected chi connectivity index (χ3v) is 6.75. The van der Waals surface area contributed by atoms with E-state index < -0.39 is 23.4 Å². The van der Waals surface area contributed by atoms with Crippen molar-refractivity contribution >= 4 is 44.7 Å². The topological polar surface area (TPSA) is 102 Å². The molecular formula is C26H19N3O5S. The van der Waals surface area contributed by atoms with Crippen molar-refractivity contribution in [3.8, 4) is 0 Å². The minimum atomic E-state index is -0.786. The standard InChI is InChI=1S/C26H19N3O5S/c30-24(16-34-26(31)23-12-13-25(35-23)29(32)33)28-22(18-7-2-1-3-8-18)15-21(27-28)20-11-10-17-6-4-5-9-19(17)14-20/h1-14,22H,15-16H2. The number of ether oxygens (including phenoxy) is 1. The third kappa shape index (κ3) is 4.67. The molecule has 0 saturated heterocycles. The Morgan fingerprint density at radius 3 is 2.49 bits per heavy atom. The van der Waals surface area contributed by atoms with Crippen LogP contribution in [0.15, 0.2) is 90.0 Å². The van der Waals surface area contributed by atoms with Gasteiger partial charge in [-0.15, -0.1) is 0 Å². The van der Waals surface area contributed by atoms with Crippen molar-refractivity contribution in [1.82, 2.24) is 5.01 Å². The summed E-state index contributed by atoms with van der Waals surface area (Å²) in [5.41, 5.74) is 2.60. The van der Waals surface area contributed by atoms with Crippen molar-refractivity contribution < 1.29 is 19.2 Å². The van der Waals surface area contributed by atoms with Gasteiger partial charge in [0, 0.05) is 12.5 Å². The summed E-state index contributed by atoms with van der Waals surface area (Å²) in [4.78, 5) is 35.8. The average molecular weight is 486 g/mol. The van der Waals surface area contributed by atoms with E-state index in [1.165, 1.54) is 17.1 Å². The van der Waals surface area contributed by atoms with Crippen LogP contribution in [0, 0.1) is 10.1 Å². The van der Waals surface area contributed by atoms with Crippen LogP contribution in [0.2, 0.25) is 0 Å². The quantitative estimate of drug-likeness (QED) is 0.208. The van der Waals surface area contributed by atoms with Gasteiger partial charge in [-0.25, -0.2) is 9.80 Å². The maximum Gasteiger partial charge on any atom is 0.349 e. The number of nitrogens with zero attached hydrogens (tertiary/aromatic N) is 3. The lowest BCUT2D eigenvalue weighted by atomic mass is 9.97. The van der Waals surface area contributed by atoms with Gasteiger partial charge in [-0.3, -0.25) is 14.9 Å². The molecule has 1 atom stereocenters. The number of hydrazone groups is 1. The number of thiophene rings is 1. The second-order valence-electron chi connectivity index (χ2n) is 7.95. The average Bonchev–Trinajstić information content (AvgIpc) is 3.56. The number of hydrogen-bond donors (Lipinski definition) is 0. The van der Waals surface area contributed by atoms with Crippen LogP contribution >= 0.6 is 11.3 Å². The Hall–Kier alpha value is -4.37. The van der Waals surface area contributed by atoms with Crippen molar-refractivity contribution in [2.24, 2.45) is 5.10 Å². The van der Waals surface area contributed by atoms with E-state index in [9.17, 15) is 19.7 Å². The highest BCUT2D eigenvalue weighted by molar-refractivity contribution is 7.17. The number of carbonyl (C=O) groups excluding carboxylic acids is 2. The Balaban J connectivity index is 1.38. The molecule has 4 aromatic rings. The number of rotatable bonds is 6. The fraction of sp³-hybridized carbons (Fsp3) is 0.115. The summed E-state index contributed by atoms with van der Waals surface area (Å²) >= 11 is 0.703. The zero-order chi connectivity index (χ0) is 24.4. The van der Waals surface area contributed by atoms with E-state index in [4.69, 9.17) is 4.74 Å². The van der Waals surface area contributed by atoms with Gasteiger partial charge < -0.3 is 4.74 Å². The van der Waals surface area contributed by atoms with Gasteiger partial charge in [0.1, 0.15) is 4.88 Å². The van der Waals surface area contributed by atoms with E-state index in [1.54, 1.807) is 0 Å². The summed E-state index contributed by atoms with van der Waals surface area (Å²) in [6.45, 7) is -0.525. The van der Waals surface area contributed by atoms with Crippen LogP contribution in [0.1, 0.15) is 33.3 Å². The molecule has 0 bridgehead atoms. The number of carbonyl (C=O) groups is 2. The summed E-state index contributed by atoms with van der Waals surface area (Å²) in [5, 5.41) is 18.9. The molecule has 0 saturated carbocycles.